The van der Waals surface area contributed by atoms with E-state index in [-0.39, 0.29) is 29.5 Å². The number of carbonyl (C=O) groups excluding carboxylic acids is 1. The third kappa shape index (κ3) is 7.77. The van der Waals surface area contributed by atoms with Gasteiger partial charge in [-0.3, -0.25) is 9.69 Å². The van der Waals surface area contributed by atoms with E-state index in [1.165, 1.54) is 22.5 Å². The zero-order chi connectivity index (χ0) is 30.5. The third-order valence-electron chi connectivity index (χ3n) is 5.83. The number of carboxylic acid groups (broad SMARTS) is 1. The number of carbonyl (C=O) groups is 2. The number of pyridine rings is 1. The average molecular weight is 596 g/mol. The van der Waals surface area contributed by atoms with Crippen LogP contribution in [0.3, 0.4) is 0 Å². The molecule has 11 nitrogen and oxygen atoms in total. The molecule has 1 amide bonds. The van der Waals surface area contributed by atoms with Crippen LogP contribution in [0.25, 0.3) is 5.69 Å². The third-order valence-corrected chi connectivity index (χ3v) is 7.64. The number of aromatic nitrogens is 3. The van der Waals surface area contributed by atoms with Crippen molar-refractivity contribution < 1.29 is 32.2 Å². The number of ether oxygens (including phenoxy) is 1. The molecule has 0 aliphatic rings. The first-order valence-corrected chi connectivity index (χ1v) is 14.3. The minimum atomic E-state index is -4.15. The summed E-state index contributed by atoms with van der Waals surface area (Å²) < 4.78 is 49.3. The zero-order valence-electron chi connectivity index (χ0n) is 23.2. The number of sulfonamides is 1. The maximum absolute atomic E-state index is 13.7. The Morgan fingerprint density at radius 2 is 1.67 bits per heavy atom. The highest BCUT2D eigenvalue weighted by molar-refractivity contribution is 7.89. The second kappa shape index (κ2) is 12.5. The van der Waals surface area contributed by atoms with Gasteiger partial charge in [-0.25, -0.2) is 27.3 Å². The molecule has 0 aliphatic heterocycles. The molecule has 13 heteroatoms. The Morgan fingerprint density at radius 3 is 2.26 bits per heavy atom. The Balaban J connectivity index is 1.67. The molecular weight excluding hydrogens is 565 g/mol. The summed E-state index contributed by atoms with van der Waals surface area (Å²) in [6.45, 7) is 3.93. The van der Waals surface area contributed by atoms with E-state index in [0.29, 0.717) is 5.56 Å². The van der Waals surface area contributed by atoms with Gasteiger partial charge in [-0.15, -0.1) is 0 Å². The molecule has 2 aromatic heterocycles. The molecule has 0 spiro atoms. The quantitative estimate of drug-likeness (QED) is 0.281. The van der Waals surface area contributed by atoms with E-state index in [0.717, 1.165) is 22.7 Å². The SMILES string of the molecule is CC(C)(C)OC(=O)N(CC(=O)O)c1cccc(CN(Cc2ccc(-n3cccn3)cc2)S(=O)(=O)c2ccc(F)cc2)n1. The lowest BCUT2D eigenvalue weighted by Gasteiger charge is -2.26. The summed E-state index contributed by atoms with van der Waals surface area (Å²) in [7, 11) is -4.15. The highest BCUT2D eigenvalue weighted by Gasteiger charge is 2.28. The standard InChI is InChI=1S/C29H30FN5O6S/c1-29(2,3)41-28(38)34(20-27(36)37)26-7-4-6-23(32-26)19-33(42(39,40)25-14-10-22(30)11-15-25)18-21-8-12-24(13-9-21)35-17-5-16-31-35/h4-17H,18-20H2,1-3H3,(H,36,37). The van der Waals surface area contributed by atoms with Crippen molar-refractivity contribution in [2.45, 2.75) is 44.4 Å². The Labute approximate surface area is 242 Å². The van der Waals surface area contributed by atoms with E-state index in [1.54, 1.807) is 80.3 Å². The average Bonchev–Trinajstić information content (AvgIpc) is 3.46. The summed E-state index contributed by atoms with van der Waals surface area (Å²) >= 11 is 0. The second-order valence-corrected chi connectivity index (χ2v) is 12.2. The molecule has 0 saturated carbocycles. The maximum Gasteiger partial charge on any atom is 0.416 e. The van der Waals surface area contributed by atoms with Crippen molar-refractivity contribution in [1.29, 1.82) is 0 Å². The van der Waals surface area contributed by atoms with E-state index in [1.807, 2.05) is 0 Å². The number of aliphatic carboxylic acids is 1. The van der Waals surface area contributed by atoms with Crippen LogP contribution in [0.15, 0.2) is 90.1 Å². The Hall–Kier alpha value is -4.62. The molecule has 220 valence electrons. The number of rotatable bonds is 10. The fraction of sp³-hybridized carbons (Fsp3) is 0.241. The van der Waals surface area contributed by atoms with Crippen molar-refractivity contribution >= 4 is 27.9 Å². The Morgan fingerprint density at radius 1 is 0.976 bits per heavy atom. The fourth-order valence-electron chi connectivity index (χ4n) is 3.94. The topological polar surface area (TPSA) is 135 Å². The molecule has 1 N–H and O–H groups in total. The molecule has 2 heterocycles. The number of amides is 1. The number of halogens is 1. The van der Waals surface area contributed by atoms with Crippen molar-refractivity contribution in [3.05, 3.63) is 102 Å². The molecular formula is C29H30FN5O6S. The number of hydrogen-bond donors (Lipinski definition) is 1. The van der Waals surface area contributed by atoms with Gasteiger partial charge in [-0.05, 0) is 80.9 Å². The van der Waals surface area contributed by atoms with Crippen LogP contribution in [-0.2, 0) is 32.6 Å². The first-order chi connectivity index (χ1) is 19.8. The van der Waals surface area contributed by atoms with Crippen molar-refractivity contribution in [2.75, 3.05) is 11.4 Å². The van der Waals surface area contributed by atoms with Crippen LogP contribution in [0.2, 0.25) is 0 Å². The summed E-state index contributed by atoms with van der Waals surface area (Å²) in [6.07, 6.45) is 2.51. The first-order valence-electron chi connectivity index (χ1n) is 12.8. The largest absolute Gasteiger partial charge is 0.480 e. The van der Waals surface area contributed by atoms with Crippen LogP contribution in [0, 0.1) is 5.82 Å². The van der Waals surface area contributed by atoms with Gasteiger partial charge in [0.05, 0.1) is 22.8 Å². The van der Waals surface area contributed by atoms with E-state index in [9.17, 15) is 27.5 Å². The molecule has 4 aromatic rings. The van der Waals surface area contributed by atoms with Gasteiger partial charge in [-0.1, -0.05) is 18.2 Å². The smallest absolute Gasteiger partial charge is 0.416 e. The zero-order valence-corrected chi connectivity index (χ0v) is 24.0. The van der Waals surface area contributed by atoms with E-state index in [4.69, 9.17) is 4.74 Å². The van der Waals surface area contributed by atoms with Crippen LogP contribution in [0.4, 0.5) is 15.0 Å². The summed E-state index contributed by atoms with van der Waals surface area (Å²) in [5.41, 5.74) is 0.796. The molecule has 4 rings (SSSR count). The summed E-state index contributed by atoms with van der Waals surface area (Å²) in [5, 5.41) is 13.6. The van der Waals surface area contributed by atoms with Gasteiger partial charge in [0.25, 0.3) is 0 Å². The van der Waals surface area contributed by atoms with Crippen LogP contribution in [-0.4, -0.2) is 56.8 Å². The normalized spacial score (nSPS) is 11.8. The van der Waals surface area contributed by atoms with Crippen molar-refractivity contribution in [3.8, 4) is 5.69 Å². The van der Waals surface area contributed by atoms with Crippen molar-refractivity contribution in [3.63, 3.8) is 0 Å². The fourth-order valence-corrected chi connectivity index (χ4v) is 5.34. The minimum absolute atomic E-state index is 0.0214. The highest BCUT2D eigenvalue weighted by Crippen LogP contribution is 2.23. The second-order valence-electron chi connectivity index (χ2n) is 10.3. The lowest BCUT2D eigenvalue weighted by molar-refractivity contribution is -0.135. The Bertz CT molecular complexity index is 1640. The van der Waals surface area contributed by atoms with Crippen LogP contribution in [0.5, 0.6) is 0 Å². The first kappa shape index (κ1) is 30.3. The van der Waals surface area contributed by atoms with E-state index < -0.39 is 40.0 Å². The number of hydrogen-bond acceptors (Lipinski definition) is 7. The lowest BCUT2D eigenvalue weighted by Crippen LogP contribution is -2.40. The van der Waals surface area contributed by atoms with Crippen LogP contribution < -0.4 is 4.90 Å². The molecule has 42 heavy (non-hydrogen) atoms. The van der Waals surface area contributed by atoms with Gasteiger partial charge < -0.3 is 9.84 Å². The van der Waals surface area contributed by atoms with Gasteiger partial charge in [0, 0.05) is 18.9 Å². The van der Waals surface area contributed by atoms with E-state index >= 15 is 0 Å². The number of benzene rings is 2. The number of carboxylic acids is 1. The van der Waals surface area contributed by atoms with Crippen LogP contribution >= 0.6 is 0 Å². The highest BCUT2D eigenvalue weighted by atomic mass is 32.2. The molecule has 0 unspecified atom stereocenters. The van der Waals surface area contributed by atoms with Crippen molar-refractivity contribution in [2.24, 2.45) is 0 Å². The number of anilines is 1. The molecule has 0 radical (unpaired) electrons. The monoisotopic (exact) mass is 595 g/mol. The Kier molecular flexibility index (Phi) is 9.02. The van der Waals surface area contributed by atoms with Gasteiger partial charge in [-0.2, -0.15) is 9.40 Å². The van der Waals surface area contributed by atoms with Crippen molar-refractivity contribution in [1.82, 2.24) is 19.1 Å². The van der Waals surface area contributed by atoms with E-state index in [2.05, 4.69) is 10.1 Å². The molecule has 0 fully saturated rings. The predicted molar refractivity (Wildman–Crippen MR) is 152 cm³/mol. The predicted octanol–water partition coefficient (Wildman–Crippen LogP) is 4.62. The van der Waals surface area contributed by atoms with Gasteiger partial charge in [0.15, 0.2) is 0 Å². The lowest BCUT2D eigenvalue weighted by atomic mass is 10.2. The minimum Gasteiger partial charge on any atom is -0.480 e. The number of nitrogens with zero attached hydrogens (tertiary/aromatic N) is 5. The molecule has 0 atom stereocenters. The molecule has 0 aliphatic carbocycles. The summed E-state index contributed by atoms with van der Waals surface area (Å²) in [4.78, 5) is 29.5. The van der Waals surface area contributed by atoms with Gasteiger partial charge in [0.2, 0.25) is 10.0 Å². The summed E-state index contributed by atoms with van der Waals surface area (Å²) in [5.74, 6) is -1.89. The van der Waals surface area contributed by atoms with Crippen LogP contribution in [0.1, 0.15) is 32.0 Å². The van der Waals surface area contributed by atoms with Gasteiger partial charge >= 0.3 is 12.1 Å². The van der Waals surface area contributed by atoms with Gasteiger partial charge in [0.1, 0.15) is 23.8 Å². The molecule has 2 aromatic carbocycles. The maximum atomic E-state index is 13.7. The summed E-state index contributed by atoms with van der Waals surface area (Å²) in [6, 6.07) is 17.9. The molecule has 0 bridgehead atoms. The molecule has 0 saturated heterocycles.